The monoisotopic (exact) mass is 430 g/mol. The number of quaternary nitrogens is 1. The molecule has 0 bridgehead atoms. The van der Waals surface area contributed by atoms with E-state index in [2.05, 4.69) is 31.3 Å². The van der Waals surface area contributed by atoms with E-state index >= 15 is 0 Å². The molecule has 1 unspecified atom stereocenters. The Balaban J connectivity index is 1.94. The molecule has 10 heteroatoms. The van der Waals surface area contributed by atoms with Gasteiger partial charge in [-0.05, 0) is 28.1 Å². The summed E-state index contributed by atoms with van der Waals surface area (Å²) in [6.45, 7) is 0. The number of anilines is 2. The Kier molecular flexibility index (Phi) is 4.63. The summed E-state index contributed by atoms with van der Waals surface area (Å²) in [5.41, 5.74) is 2.11. The van der Waals surface area contributed by atoms with Crippen molar-refractivity contribution in [2.45, 2.75) is 0 Å². The van der Waals surface area contributed by atoms with Crippen LogP contribution in [0.2, 0.25) is 5.15 Å². The predicted molar refractivity (Wildman–Crippen MR) is 99.8 cm³/mol. The van der Waals surface area contributed by atoms with E-state index in [0.717, 1.165) is 10.2 Å². The van der Waals surface area contributed by atoms with Gasteiger partial charge in [0.2, 0.25) is 0 Å². The summed E-state index contributed by atoms with van der Waals surface area (Å²) in [7, 11) is 3.32. The fraction of sp³-hybridized carbons (Fsp3) is 0.143. The highest BCUT2D eigenvalue weighted by Crippen LogP contribution is 2.27. The van der Waals surface area contributed by atoms with Gasteiger partial charge in [0.25, 0.3) is 0 Å². The summed E-state index contributed by atoms with van der Waals surface area (Å²) in [6.07, 6.45) is 1.64. The number of hydrogen-bond acceptors (Lipinski definition) is 4. The van der Waals surface area contributed by atoms with Gasteiger partial charge in [-0.15, -0.1) is 0 Å². The van der Waals surface area contributed by atoms with Gasteiger partial charge in [-0.1, -0.05) is 11.6 Å². The summed E-state index contributed by atoms with van der Waals surface area (Å²) in [5, 5.41) is 7.81. The largest absolute Gasteiger partial charge is 0.363 e. The molecular formula is C14H14BrClN5O2S+. The Morgan fingerprint density at radius 2 is 2.00 bits per heavy atom. The van der Waals surface area contributed by atoms with E-state index in [0.29, 0.717) is 22.3 Å². The van der Waals surface area contributed by atoms with Crippen LogP contribution in [0, 0.1) is 0 Å². The Morgan fingerprint density at radius 3 is 2.62 bits per heavy atom. The van der Waals surface area contributed by atoms with Crippen molar-refractivity contribution in [3.63, 3.8) is 0 Å². The minimum Gasteiger partial charge on any atom is -0.340 e. The summed E-state index contributed by atoms with van der Waals surface area (Å²) < 4.78 is 23.0. The first-order valence-electron chi connectivity index (χ1n) is 6.82. The smallest absolute Gasteiger partial charge is 0.340 e. The Hall–Kier alpha value is -1.52. The van der Waals surface area contributed by atoms with Crippen molar-refractivity contribution in [1.29, 1.82) is 0 Å². The van der Waals surface area contributed by atoms with E-state index < -0.39 is 11.3 Å². The van der Waals surface area contributed by atoms with Crippen molar-refractivity contribution >= 4 is 61.6 Å². The molecule has 0 saturated carbocycles. The molecule has 2 heterocycles. The molecule has 0 radical (unpaired) electrons. The second-order valence-electron chi connectivity index (χ2n) is 5.45. The maximum Gasteiger partial charge on any atom is 0.363 e. The van der Waals surface area contributed by atoms with E-state index in [4.69, 9.17) is 11.6 Å². The third-order valence-corrected chi connectivity index (χ3v) is 5.29. The van der Waals surface area contributed by atoms with Gasteiger partial charge in [0.15, 0.2) is 5.65 Å². The summed E-state index contributed by atoms with van der Waals surface area (Å²) >= 11 is 7.42. The van der Waals surface area contributed by atoms with Crippen LogP contribution >= 0.6 is 27.5 Å². The van der Waals surface area contributed by atoms with Crippen LogP contribution in [0.5, 0.6) is 0 Å². The lowest BCUT2D eigenvalue weighted by Gasteiger charge is -2.22. The number of halogens is 2. The number of fused-ring (bicyclic) bond motifs is 1. The van der Waals surface area contributed by atoms with Crippen molar-refractivity contribution in [3.8, 4) is 0 Å². The Labute approximate surface area is 154 Å². The van der Waals surface area contributed by atoms with E-state index in [1.807, 2.05) is 12.1 Å². The van der Waals surface area contributed by atoms with Gasteiger partial charge in [-0.25, -0.2) is 4.98 Å². The zero-order valence-corrected chi connectivity index (χ0v) is 15.9. The van der Waals surface area contributed by atoms with Crippen LogP contribution in [0.4, 0.5) is 17.2 Å². The average Bonchev–Trinajstić information content (AvgIpc) is 2.89. The second kappa shape index (κ2) is 6.41. The number of rotatable bonds is 4. The van der Waals surface area contributed by atoms with Crippen LogP contribution in [0.3, 0.4) is 0 Å². The van der Waals surface area contributed by atoms with Crippen molar-refractivity contribution in [3.05, 3.63) is 46.2 Å². The van der Waals surface area contributed by atoms with Gasteiger partial charge in [-0.2, -0.15) is 17.7 Å². The predicted octanol–water partition coefficient (Wildman–Crippen LogP) is 3.59. The maximum atomic E-state index is 11.4. The molecule has 0 aliphatic carbocycles. The van der Waals surface area contributed by atoms with Crippen LogP contribution in [0.25, 0.3) is 5.65 Å². The van der Waals surface area contributed by atoms with Gasteiger partial charge in [-0.3, -0.25) is 4.55 Å². The molecule has 7 nitrogen and oxygen atoms in total. The molecule has 3 rings (SSSR count). The summed E-state index contributed by atoms with van der Waals surface area (Å²) in [4.78, 5) is 4.22. The molecule has 0 fully saturated rings. The highest BCUT2D eigenvalue weighted by atomic mass is 79.9. The van der Waals surface area contributed by atoms with Crippen molar-refractivity contribution in [1.82, 2.24) is 18.5 Å². The van der Waals surface area contributed by atoms with Crippen LogP contribution in [0.1, 0.15) is 0 Å². The van der Waals surface area contributed by atoms with E-state index in [-0.39, 0.29) is 3.89 Å². The number of nitrogens with zero attached hydrogens (tertiary/aromatic N) is 4. The topological polar surface area (TPSA) is 79.5 Å². The molecule has 24 heavy (non-hydrogen) atoms. The summed E-state index contributed by atoms with van der Waals surface area (Å²) in [5.74, 6) is 0.655. The molecule has 126 valence electrons. The van der Waals surface area contributed by atoms with E-state index in [1.165, 1.54) is 0 Å². The van der Waals surface area contributed by atoms with Crippen molar-refractivity contribution in [2.75, 3.05) is 19.4 Å². The molecule has 0 spiro atoms. The van der Waals surface area contributed by atoms with Gasteiger partial charge < -0.3 is 5.32 Å². The van der Waals surface area contributed by atoms with Crippen molar-refractivity contribution in [2.24, 2.45) is 0 Å². The molecule has 1 atom stereocenters. The third-order valence-electron chi connectivity index (χ3n) is 3.55. The molecule has 0 aliphatic rings. The zero-order chi connectivity index (χ0) is 17.5. The number of nitrogens with one attached hydrogen (secondary N) is 1. The van der Waals surface area contributed by atoms with Crippen LogP contribution < -0.4 is 9.21 Å². The third kappa shape index (κ3) is 3.17. The SMILES string of the molecule is C[N+](C)(c1ccc(Nc2cc(Cl)nc3c(Br)cnn23)cc1)S(=O)O. The zero-order valence-electron chi connectivity index (χ0n) is 12.8. The summed E-state index contributed by atoms with van der Waals surface area (Å²) in [6, 6.07) is 8.89. The first kappa shape index (κ1) is 17.3. The first-order chi connectivity index (χ1) is 11.3. The molecule has 0 amide bonds. The molecular weight excluding hydrogens is 418 g/mol. The van der Waals surface area contributed by atoms with Gasteiger partial charge in [0.05, 0.1) is 24.8 Å². The normalized spacial score (nSPS) is 13.2. The van der Waals surface area contributed by atoms with E-state index in [1.54, 1.807) is 43.0 Å². The minimum atomic E-state index is -2.02. The van der Waals surface area contributed by atoms with Gasteiger partial charge in [0.1, 0.15) is 16.7 Å². The van der Waals surface area contributed by atoms with Crippen LogP contribution in [0.15, 0.2) is 41.0 Å². The Bertz CT molecular complexity index is 929. The quantitative estimate of drug-likeness (QED) is 0.375. The lowest BCUT2D eigenvalue weighted by Crippen LogP contribution is -2.41. The standard InChI is InChI=1S/C14H13BrClN5O2S/c1-21(2,24(22)23)10-5-3-9(4-6-10)18-13-7-12(16)19-14-11(15)8-17-20(13)14/h3-8,18H,1-2H3/p+1. The van der Waals surface area contributed by atoms with Gasteiger partial charge >= 0.3 is 11.3 Å². The maximum absolute atomic E-state index is 11.4. The fourth-order valence-electron chi connectivity index (χ4n) is 2.14. The Morgan fingerprint density at radius 1 is 1.33 bits per heavy atom. The highest BCUT2D eigenvalue weighted by molar-refractivity contribution is 9.10. The van der Waals surface area contributed by atoms with Crippen LogP contribution in [-0.4, -0.2) is 37.5 Å². The average molecular weight is 432 g/mol. The molecule has 0 aliphatic heterocycles. The van der Waals surface area contributed by atoms with E-state index in [9.17, 15) is 8.76 Å². The molecule has 2 aromatic heterocycles. The number of aromatic nitrogens is 3. The van der Waals surface area contributed by atoms with Crippen LogP contribution in [-0.2, 0) is 11.3 Å². The fourth-order valence-corrected chi connectivity index (χ4v) is 2.97. The molecule has 1 aromatic carbocycles. The molecule has 2 N–H and O–H groups in total. The lowest BCUT2D eigenvalue weighted by molar-refractivity contribution is 0.484. The molecule has 3 aromatic rings. The van der Waals surface area contributed by atoms with Crippen molar-refractivity contribution < 1.29 is 8.76 Å². The highest BCUT2D eigenvalue weighted by Gasteiger charge is 2.26. The lowest BCUT2D eigenvalue weighted by atomic mass is 10.2. The molecule has 0 saturated heterocycles. The second-order valence-corrected chi connectivity index (χ2v) is 8.06. The number of hydrogen-bond donors (Lipinski definition) is 2. The first-order valence-corrected chi connectivity index (χ1v) is 9.05. The number of benzene rings is 1. The van der Waals surface area contributed by atoms with Gasteiger partial charge in [0, 0.05) is 23.9 Å². The minimum absolute atomic E-state index is 0.141.